The molecule has 0 unspecified atom stereocenters. The Balaban J connectivity index is 2.10. The van der Waals surface area contributed by atoms with Crippen LogP contribution in [0.5, 0.6) is 0 Å². The third kappa shape index (κ3) is 4.70. The quantitative estimate of drug-likeness (QED) is 0.860. The second kappa shape index (κ2) is 7.75. The Morgan fingerprint density at radius 1 is 1.05 bits per heavy atom. The summed E-state index contributed by atoms with van der Waals surface area (Å²) < 4.78 is 0. The van der Waals surface area contributed by atoms with Gasteiger partial charge in [-0.1, -0.05) is 36.4 Å². The fourth-order valence-electron chi connectivity index (χ4n) is 2.08. The zero-order chi connectivity index (χ0) is 15.9. The highest BCUT2D eigenvalue weighted by atomic mass is 32.1. The van der Waals surface area contributed by atoms with Crippen molar-refractivity contribution in [3.63, 3.8) is 0 Å². The Morgan fingerprint density at radius 2 is 1.77 bits per heavy atom. The Bertz CT molecular complexity index is 609. The van der Waals surface area contributed by atoms with Crippen molar-refractivity contribution in [2.45, 2.75) is 32.4 Å². The number of amides is 2. The molecule has 2 rings (SSSR count). The molecule has 1 aromatic heterocycles. The second-order valence-corrected chi connectivity index (χ2v) is 6.30. The summed E-state index contributed by atoms with van der Waals surface area (Å²) in [6, 6.07) is 12.7. The van der Waals surface area contributed by atoms with Crippen LogP contribution in [-0.2, 0) is 11.2 Å². The minimum absolute atomic E-state index is 0.0319. The van der Waals surface area contributed by atoms with Crippen LogP contribution in [0.3, 0.4) is 0 Å². The van der Waals surface area contributed by atoms with Gasteiger partial charge < -0.3 is 10.6 Å². The van der Waals surface area contributed by atoms with E-state index in [0.29, 0.717) is 11.3 Å². The third-order valence-electron chi connectivity index (χ3n) is 3.08. The lowest BCUT2D eigenvalue weighted by atomic mass is 10.0. The fraction of sp³-hybridized carbons (Fsp3) is 0.294. The van der Waals surface area contributed by atoms with Crippen LogP contribution in [0.2, 0.25) is 0 Å². The van der Waals surface area contributed by atoms with Gasteiger partial charge >= 0.3 is 0 Å². The number of hydrogen-bond acceptors (Lipinski definition) is 3. The highest BCUT2D eigenvalue weighted by molar-refractivity contribution is 7.12. The number of thiophene rings is 1. The van der Waals surface area contributed by atoms with Gasteiger partial charge in [0.1, 0.15) is 6.04 Å². The van der Waals surface area contributed by atoms with Crippen molar-refractivity contribution in [2.75, 3.05) is 0 Å². The SMILES string of the molecule is CC(C)NC(=O)[C@H](Cc1ccccc1)NC(=O)c1cccs1. The molecular weight excluding hydrogens is 296 g/mol. The average Bonchev–Trinajstić information content (AvgIpc) is 3.01. The zero-order valence-corrected chi connectivity index (χ0v) is 13.5. The molecule has 0 radical (unpaired) electrons. The van der Waals surface area contributed by atoms with Crippen molar-refractivity contribution in [3.05, 3.63) is 58.3 Å². The van der Waals surface area contributed by atoms with Gasteiger partial charge in [-0.3, -0.25) is 9.59 Å². The maximum absolute atomic E-state index is 12.3. The normalized spacial score (nSPS) is 12.0. The second-order valence-electron chi connectivity index (χ2n) is 5.36. The predicted molar refractivity (Wildman–Crippen MR) is 89.0 cm³/mol. The van der Waals surface area contributed by atoms with Gasteiger partial charge in [-0.15, -0.1) is 11.3 Å². The van der Waals surface area contributed by atoms with Gasteiger partial charge in [-0.25, -0.2) is 0 Å². The third-order valence-corrected chi connectivity index (χ3v) is 3.95. The van der Waals surface area contributed by atoms with E-state index < -0.39 is 6.04 Å². The number of carbonyl (C=O) groups is 2. The fourth-order valence-corrected chi connectivity index (χ4v) is 2.71. The summed E-state index contributed by atoms with van der Waals surface area (Å²) in [5.41, 5.74) is 1.01. The van der Waals surface area contributed by atoms with Crippen LogP contribution in [0.15, 0.2) is 47.8 Å². The monoisotopic (exact) mass is 316 g/mol. The number of carbonyl (C=O) groups excluding carboxylic acids is 2. The van der Waals surface area contributed by atoms with Crippen molar-refractivity contribution in [1.29, 1.82) is 0 Å². The van der Waals surface area contributed by atoms with Gasteiger partial charge in [-0.2, -0.15) is 0 Å². The molecule has 5 heteroatoms. The molecule has 0 aliphatic heterocycles. The standard InChI is InChI=1S/C17H20N2O2S/c1-12(2)18-16(20)14(11-13-7-4-3-5-8-13)19-17(21)15-9-6-10-22-15/h3-10,12,14H,11H2,1-2H3,(H,18,20)(H,19,21)/t14-/m0/s1. The van der Waals surface area contributed by atoms with Gasteiger partial charge in [0.2, 0.25) is 5.91 Å². The van der Waals surface area contributed by atoms with Gasteiger partial charge in [0.05, 0.1) is 4.88 Å². The largest absolute Gasteiger partial charge is 0.352 e. The number of hydrogen-bond donors (Lipinski definition) is 2. The molecular formula is C17H20N2O2S. The lowest BCUT2D eigenvalue weighted by molar-refractivity contribution is -0.123. The number of nitrogens with one attached hydrogen (secondary N) is 2. The first kappa shape index (κ1) is 16.2. The molecule has 2 amide bonds. The van der Waals surface area contributed by atoms with Crippen molar-refractivity contribution in [2.24, 2.45) is 0 Å². The first-order chi connectivity index (χ1) is 10.6. The van der Waals surface area contributed by atoms with Gasteiger partial charge in [-0.05, 0) is 30.9 Å². The van der Waals surface area contributed by atoms with E-state index in [1.54, 1.807) is 6.07 Å². The predicted octanol–water partition coefficient (Wildman–Crippen LogP) is 2.61. The highest BCUT2D eigenvalue weighted by Crippen LogP contribution is 2.10. The molecule has 22 heavy (non-hydrogen) atoms. The van der Waals surface area contributed by atoms with E-state index in [0.717, 1.165) is 5.56 Å². The zero-order valence-electron chi connectivity index (χ0n) is 12.7. The molecule has 0 bridgehead atoms. The van der Waals surface area contributed by atoms with Crippen LogP contribution in [-0.4, -0.2) is 23.9 Å². The molecule has 0 fully saturated rings. The Morgan fingerprint density at radius 3 is 2.36 bits per heavy atom. The first-order valence-electron chi connectivity index (χ1n) is 7.25. The number of benzene rings is 1. The Hall–Kier alpha value is -2.14. The summed E-state index contributed by atoms with van der Waals surface area (Å²) in [6.07, 6.45) is 0.469. The average molecular weight is 316 g/mol. The summed E-state index contributed by atoms with van der Waals surface area (Å²) in [7, 11) is 0. The minimum atomic E-state index is -0.584. The van der Waals surface area contributed by atoms with E-state index in [9.17, 15) is 9.59 Å². The minimum Gasteiger partial charge on any atom is -0.352 e. The molecule has 0 aliphatic rings. The van der Waals surface area contributed by atoms with Crippen molar-refractivity contribution in [3.8, 4) is 0 Å². The van der Waals surface area contributed by atoms with Crippen LogP contribution < -0.4 is 10.6 Å². The maximum Gasteiger partial charge on any atom is 0.262 e. The van der Waals surface area contributed by atoms with Crippen LogP contribution in [0.4, 0.5) is 0 Å². The van der Waals surface area contributed by atoms with E-state index in [1.807, 2.05) is 55.6 Å². The Kier molecular flexibility index (Phi) is 5.72. The van der Waals surface area contributed by atoms with Crippen LogP contribution in [0.1, 0.15) is 29.1 Å². The molecule has 1 atom stereocenters. The van der Waals surface area contributed by atoms with Crippen molar-refractivity contribution < 1.29 is 9.59 Å². The molecule has 0 saturated heterocycles. The smallest absolute Gasteiger partial charge is 0.262 e. The van der Waals surface area contributed by atoms with E-state index in [2.05, 4.69) is 10.6 Å². The molecule has 0 saturated carbocycles. The molecule has 0 spiro atoms. The topological polar surface area (TPSA) is 58.2 Å². The van der Waals surface area contributed by atoms with E-state index in [-0.39, 0.29) is 17.9 Å². The first-order valence-corrected chi connectivity index (χ1v) is 8.13. The molecule has 2 N–H and O–H groups in total. The van der Waals surface area contributed by atoms with E-state index >= 15 is 0 Å². The molecule has 1 heterocycles. The van der Waals surface area contributed by atoms with Gasteiger partial charge in [0, 0.05) is 12.5 Å². The number of rotatable bonds is 6. The van der Waals surface area contributed by atoms with Crippen LogP contribution in [0.25, 0.3) is 0 Å². The molecule has 2 aromatic rings. The van der Waals surface area contributed by atoms with E-state index in [4.69, 9.17) is 0 Å². The van der Waals surface area contributed by atoms with Crippen molar-refractivity contribution in [1.82, 2.24) is 10.6 Å². The molecule has 1 aromatic carbocycles. The lowest BCUT2D eigenvalue weighted by Gasteiger charge is -2.19. The summed E-state index contributed by atoms with van der Waals surface area (Å²) in [5.74, 6) is -0.376. The van der Waals surface area contributed by atoms with Crippen LogP contribution >= 0.6 is 11.3 Å². The summed E-state index contributed by atoms with van der Waals surface area (Å²) in [5, 5.41) is 7.54. The van der Waals surface area contributed by atoms with Gasteiger partial charge in [0.15, 0.2) is 0 Å². The van der Waals surface area contributed by atoms with Crippen molar-refractivity contribution >= 4 is 23.2 Å². The maximum atomic E-state index is 12.3. The summed E-state index contributed by atoms with van der Waals surface area (Å²) >= 11 is 1.36. The molecule has 116 valence electrons. The summed E-state index contributed by atoms with van der Waals surface area (Å²) in [4.78, 5) is 25.2. The molecule has 0 aliphatic carbocycles. The van der Waals surface area contributed by atoms with E-state index in [1.165, 1.54) is 11.3 Å². The highest BCUT2D eigenvalue weighted by Gasteiger charge is 2.22. The Labute approximate surface area is 134 Å². The molecule has 4 nitrogen and oxygen atoms in total. The summed E-state index contributed by atoms with van der Waals surface area (Å²) in [6.45, 7) is 3.80. The lowest BCUT2D eigenvalue weighted by Crippen LogP contribution is -2.49. The van der Waals surface area contributed by atoms with Crippen LogP contribution in [0, 0.1) is 0 Å². The van der Waals surface area contributed by atoms with Gasteiger partial charge in [0.25, 0.3) is 5.91 Å².